The van der Waals surface area contributed by atoms with Gasteiger partial charge in [0.15, 0.2) is 0 Å². The van der Waals surface area contributed by atoms with Crippen molar-refractivity contribution in [1.29, 1.82) is 0 Å². The summed E-state index contributed by atoms with van der Waals surface area (Å²) in [5.74, 6) is 0.221. The third-order valence-corrected chi connectivity index (χ3v) is 4.38. The SMILES string of the molecule is CC(=O)OC(CCCc1ccccc1)[C@H]1CC[C@@H](O)CC1. The van der Waals surface area contributed by atoms with Crippen LogP contribution < -0.4 is 0 Å². The first-order valence-electron chi connectivity index (χ1n) is 8.04. The molecule has 2 rings (SSSR count). The molecule has 0 bridgehead atoms. The minimum absolute atomic E-state index is 0.0127. The van der Waals surface area contributed by atoms with Crippen molar-refractivity contribution in [2.45, 2.75) is 64.1 Å². The molecule has 0 saturated heterocycles. The Bertz CT molecular complexity index is 421. The Labute approximate surface area is 127 Å². The lowest BCUT2D eigenvalue weighted by Gasteiger charge is -2.31. The van der Waals surface area contributed by atoms with E-state index in [1.165, 1.54) is 12.5 Å². The van der Waals surface area contributed by atoms with E-state index in [1.807, 2.05) is 6.07 Å². The molecular formula is C18H26O3. The molecule has 0 radical (unpaired) electrons. The zero-order chi connectivity index (χ0) is 15.1. The molecule has 1 saturated carbocycles. The fourth-order valence-corrected chi connectivity index (χ4v) is 3.23. The molecule has 3 nitrogen and oxygen atoms in total. The molecule has 0 heterocycles. The average Bonchev–Trinajstić information content (AvgIpc) is 2.48. The number of carbonyl (C=O) groups is 1. The standard InChI is InChI=1S/C18H26O3/c1-14(19)21-18(16-10-12-17(20)13-11-16)9-5-8-15-6-3-2-4-7-15/h2-4,6-7,16-18,20H,5,8-13H2,1H3/t16-,17+,18?. The summed E-state index contributed by atoms with van der Waals surface area (Å²) in [7, 11) is 0. The summed E-state index contributed by atoms with van der Waals surface area (Å²) < 4.78 is 5.54. The molecule has 21 heavy (non-hydrogen) atoms. The molecular weight excluding hydrogens is 264 g/mol. The topological polar surface area (TPSA) is 46.5 Å². The van der Waals surface area contributed by atoms with Crippen molar-refractivity contribution < 1.29 is 14.6 Å². The minimum atomic E-state index is -0.189. The second kappa shape index (κ2) is 8.18. The first kappa shape index (κ1) is 16.0. The highest BCUT2D eigenvalue weighted by molar-refractivity contribution is 5.66. The first-order chi connectivity index (χ1) is 10.1. The average molecular weight is 290 g/mol. The van der Waals surface area contributed by atoms with Gasteiger partial charge >= 0.3 is 5.97 Å². The molecule has 0 aliphatic heterocycles. The summed E-state index contributed by atoms with van der Waals surface area (Å²) in [6, 6.07) is 10.4. The van der Waals surface area contributed by atoms with Gasteiger partial charge in [0.25, 0.3) is 0 Å². The summed E-state index contributed by atoms with van der Waals surface area (Å²) in [5.41, 5.74) is 1.33. The maximum atomic E-state index is 11.3. The molecule has 0 aromatic heterocycles. The summed E-state index contributed by atoms with van der Waals surface area (Å²) in [4.78, 5) is 11.3. The fraction of sp³-hybridized carbons (Fsp3) is 0.611. The van der Waals surface area contributed by atoms with Crippen LogP contribution in [0.4, 0.5) is 0 Å². The summed E-state index contributed by atoms with van der Waals surface area (Å²) in [6.45, 7) is 1.49. The molecule has 1 aliphatic rings. The highest BCUT2D eigenvalue weighted by Gasteiger charge is 2.28. The molecule has 1 unspecified atom stereocenters. The Morgan fingerprint density at radius 2 is 1.90 bits per heavy atom. The molecule has 1 aromatic rings. The van der Waals surface area contributed by atoms with Crippen LogP contribution in [0.15, 0.2) is 30.3 Å². The van der Waals surface area contributed by atoms with Crippen LogP contribution >= 0.6 is 0 Å². The van der Waals surface area contributed by atoms with E-state index in [9.17, 15) is 9.90 Å². The number of esters is 1. The highest BCUT2D eigenvalue weighted by atomic mass is 16.5. The zero-order valence-corrected chi connectivity index (χ0v) is 12.8. The Morgan fingerprint density at radius 1 is 1.24 bits per heavy atom. The molecule has 1 fully saturated rings. The minimum Gasteiger partial charge on any atom is -0.462 e. The van der Waals surface area contributed by atoms with E-state index in [-0.39, 0.29) is 18.2 Å². The van der Waals surface area contributed by atoms with Crippen LogP contribution in [0.2, 0.25) is 0 Å². The molecule has 1 aromatic carbocycles. The van der Waals surface area contributed by atoms with Crippen LogP contribution in [0.3, 0.4) is 0 Å². The van der Waals surface area contributed by atoms with E-state index in [0.717, 1.165) is 44.9 Å². The van der Waals surface area contributed by atoms with E-state index in [4.69, 9.17) is 4.74 Å². The Hall–Kier alpha value is -1.35. The lowest BCUT2D eigenvalue weighted by molar-refractivity contribution is -0.150. The quantitative estimate of drug-likeness (QED) is 0.816. The van der Waals surface area contributed by atoms with E-state index in [1.54, 1.807) is 0 Å². The Balaban J connectivity index is 1.83. The number of hydrogen-bond acceptors (Lipinski definition) is 3. The number of aliphatic hydroxyl groups excluding tert-OH is 1. The van der Waals surface area contributed by atoms with E-state index >= 15 is 0 Å². The van der Waals surface area contributed by atoms with Crippen molar-refractivity contribution in [3.8, 4) is 0 Å². The molecule has 0 amide bonds. The number of benzene rings is 1. The van der Waals surface area contributed by atoms with Crippen molar-refractivity contribution >= 4 is 5.97 Å². The second-order valence-electron chi connectivity index (χ2n) is 6.09. The van der Waals surface area contributed by atoms with Crippen molar-refractivity contribution in [3.63, 3.8) is 0 Å². The maximum Gasteiger partial charge on any atom is 0.302 e. The third-order valence-electron chi connectivity index (χ3n) is 4.38. The number of ether oxygens (including phenoxy) is 1. The largest absolute Gasteiger partial charge is 0.462 e. The molecule has 1 N–H and O–H groups in total. The summed E-state index contributed by atoms with van der Waals surface area (Å²) in [6.07, 6.45) is 6.41. The van der Waals surface area contributed by atoms with Crippen LogP contribution in [0.25, 0.3) is 0 Å². The van der Waals surface area contributed by atoms with Crippen molar-refractivity contribution in [2.24, 2.45) is 5.92 Å². The van der Waals surface area contributed by atoms with Gasteiger partial charge in [-0.3, -0.25) is 4.79 Å². The van der Waals surface area contributed by atoms with Crippen LogP contribution in [-0.4, -0.2) is 23.3 Å². The van der Waals surface area contributed by atoms with Crippen molar-refractivity contribution in [1.82, 2.24) is 0 Å². The van der Waals surface area contributed by atoms with Gasteiger partial charge in [-0.1, -0.05) is 30.3 Å². The van der Waals surface area contributed by atoms with Gasteiger partial charge in [0.1, 0.15) is 6.10 Å². The van der Waals surface area contributed by atoms with E-state index in [2.05, 4.69) is 24.3 Å². The number of rotatable bonds is 6. The highest BCUT2D eigenvalue weighted by Crippen LogP contribution is 2.30. The van der Waals surface area contributed by atoms with Crippen LogP contribution in [0, 0.1) is 5.92 Å². The number of aryl methyl sites for hydroxylation is 1. The van der Waals surface area contributed by atoms with E-state index in [0.29, 0.717) is 5.92 Å². The number of carbonyl (C=O) groups excluding carboxylic acids is 1. The lowest BCUT2D eigenvalue weighted by atomic mass is 9.82. The van der Waals surface area contributed by atoms with Gasteiger partial charge < -0.3 is 9.84 Å². The first-order valence-corrected chi connectivity index (χ1v) is 8.04. The summed E-state index contributed by atoms with van der Waals surface area (Å²) in [5, 5.41) is 9.61. The lowest BCUT2D eigenvalue weighted by Crippen LogP contribution is -2.31. The monoisotopic (exact) mass is 290 g/mol. The van der Waals surface area contributed by atoms with Gasteiger partial charge in [-0.05, 0) is 56.4 Å². The number of hydrogen-bond donors (Lipinski definition) is 1. The zero-order valence-electron chi connectivity index (χ0n) is 12.8. The van der Waals surface area contributed by atoms with Gasteiger partial charge in [0.05, 0.1) is 6.10 Å². The third kappa shape index (κ3) is 5.50. The predicted octanol–water partition coefficient (Wildman–Crippen LogP) is 3.49. The smallest absolute Gasteiger partial charge is 0.302 e. The van der Waals surface area contributed by atoms with Gasteiger partial charge in [-0.2, -0.15) is 0 Å². The van der Waals surface area contributed by atoms with Gasteiger partial charge in [0, 0.05) is 6.92 Å². The van der Waals surface area contributed by atoms with Crippen LogP contribution in [-0.2, 0) is 16.0 Å². The predicted molar refractivity (Wildman–Crippen MR) is 82.9 cm³/mol. The fourth-order valence-electron chi connectivity index (χ4n) is 3.23. The molecule has 0 spiro atoms. The van der Waals surface area contributed by atoms with Crippen LogP contribution in [0.5, 0.6) is 0 Å². The van der Waals surface area contributed by atoms with E-state index < -0.39 is 0 Å². The summed E-state index contributed by atoms with van der Waals surface area (Å²) >= 11 is 0. The normalized spacial score (nSPS) is 23.5. The van der Waals surface area contributed by atoms with Gasteiger partial charge in [0.2, 0.25) is 0 Å². The number of aliphatic hydroxyl groups is 1. The Kier molecular flexibility index (Phi) is 6.24. The molecule has 1 atom stereocenters. The molecule has 3 heteroatoms. The van der Waals surface area contributed by atoms with Crippen molar-refractivity contribution in [3.05, 3.63) is 35.9 Å². The van der Waals surface area contributed by atoms with Gasteiger partial charge in [-0.25, -0.2) is 0 Å². The van der Waals surface area contributed by atoms with Gasteiger partial charge in [-0.15, -0.1) is 0 Å². The molecule has 116 valence electrons. The Morgan fingerprint density at radius 3 is 2.52 bits per heavy atom. The molecule has 1 aliphatic carbocycles. The second-order valence-corrected chi connectivity index (χ2v) is 6.09. The maximum absolute atomic E-state index is 11.3. The van der Waals surface area contributed by atoms with Crippen molar-refractivity contribution in [2.75, 3.05) is 0 Å². The van der Waals surface area contributed by atoms with Crippen LogP contribution in [0.1, 0.15) is 51.0 Å².